The van der Waals surface area contributed by atoms with E-state index in [4.69, 9.17) is 5.73 Å². The number of nitrogens with zero attached hydrogens (tertiary/aromatic N) is 4. The first-order valence-electron chi connectivity index (χ1n) is 7.28. The Bertz CT molecular complexity index is 806. The van der Waals surface area contributed by atoms with Gasteiger partial charge in [0, 0.05) is 24.2 Å². The highest BCUT2D eigenvalue weighted by molar-refractivity contribution is 7.99. The third-order valence-corrected chi connectivity index (χ3v) is 4.17. The van der Waals surface area contributed by atoms with Gasteiger partial charge in [-0.05, 0) is 13.0 Å². The molecule has 1 heterocycles. The van der Waals surface area contributed by atoms with Crippen molar-refractivity contribution in [2.75, 3.05) is 5.75 Å². The Morgan fingerprint density at radius 3 is 2.80 bits per heavy atom. The minimum absolute atomic E-state index is 0.0815. The minimum Gasteiger partial charge on any atom is -0.369 e. The molecule has 2 rings (SSSR count). The van der Waals surface area contributed by atoms with Gasteiger partial charge >= 0.3 is 0 Å². The summed E-state index contributed by atoms with van der Waals surface area (Å²) in [7, 11) is 0. The Labute approximate surface area is 146 Å². The Kier molecular flexibility index (Phi) is 6.06. The van der Waals surface area contributed by atoms with Gasteiger partial charge in [0.15, 0.2) is 11.0 Å². The number of nitrogens with two attached hydrogens (primary N) is 1. The van der Waals surface area contributed by atoms with Crippen LogP contribution in [0.15, 0.2) is 29.4 Å². The summed E-state index contributed by atoms with van der Waals surface area (Å²) in [4.78, 5) is 33.2. The van der Waals surface area contributed by atoms with Crippen LogP contribution in [0.2, 0.25) is 0 Å². The summed E-state index contributed by atoms with van der Waals surface area (Å²) >= 11 is 1.16. The quantitative estimate of drug-likeness (QED) is 0.398. The molecule has 11 heteroatoms. The number of nitro benzene ring substituents is 1. The molecule has 1 aromatic heterocycles. The molecule has 0 aliphatic carbocycles. The van der Waals surface area contributed by atoms with Crippen molar-refractivity contribution in [2.24, 2.45) is 5.73 Å². The average molecular weight is 364 g/mol. The largest absolute Gasteiger partial charge is 0.369 e. The molecule has 0 bridgehead atoms. The molecule has 0 saturated carbocycles. The third kappa shape index (κ3) is 4.76. The highest BCUT2D eigenvalue weighted by Crippen LogP contribution is 2.17. The summed E-state index contributed by atoms with van der Waals surface area (Å²) in [5.41, 5.74) is 5.14. The van der Waals surface area contributed by atoms with Gasteiger partial charge in [0.25, 0.3) is 11.6 Å². The lowest BCUT2D eigenvalue weighted by molar-refractivity contribution is -0.384. The second-order valence-electron chi connectivity index (χ2n) is 4.89. The van der Waals surface area contributed by atoms with E-state index >= 15 is 0 Å². The van der Waals surface area contributed by atoms with Crippen LogP contribution in [0.1, 0.15) is 23.1 Å². The number of hydrogen-bond donors (Lipinski definition) is 2. The number of nitrogens with one attached hydrogen (secondary N) is 1. The van der Waals surface area contributed by atoms with E-state index in [1.165, 1.54) is 24.3 Å². The van der Waals surface area contributed by atoms with E-state index in [1.54, 1.807) is 4.57 Å². The molecule has 10 nitrogen and oxygen atoms in total. The SMILES string of the molecule is CCn1c(CNC(=O)c2cccc([N+](=O)[O-])c2)nnc1SCC(N)=O. The maximum atomic E-state index is 12.2. The lowest BCUT2D eigenvalue weighted by atomic mass is 10.2. The number of primary amides is 1. The van der Waals surface area contributed by atoms with E-state index in [9.17, 15) is 19.7 Å². The molecule has 0 aliphatic heterocycles. The van der Waals surface area contributed by atoms with Crippen LogP contribution in [0.3, 0.4) is 0 Å². The first-order valence-corrected chi connectivity index (χ1v) is 8.26. The molecule has 0 saturated heterocycles. The molecule has 0 unspecified atom stereocenters. The van der Waals surface area contributed by atoms with Crippen LogP contribution in [0, 0.1) is 10.1 Å². The van der Waals surface area contributed by atoms with E-state index in [0.717, 1.165) is 11.8 Å². The molecule has 0 fully saturated rings. The van der Waals surface area contributed by atoms with Crippen LogP contribution >= 0.6 is 11.8 Å². The van der Waals surface area contributed by atoms with Crippen molar-refractivity contribution in [1.29, 1.82) is 0 Å². The summed E-state index contributed by atoms with van der Waals surface area (Å²) in [5, 5.41) is 21.9. The minimum atomic E-state index is -0.563. The van der Waals surface area contributed by atoms with Crippen LogP contribution in [-0.2, 0) is 17.9 Å². The molecule has 0 aliphatic rings. The van der Waals surface area contributed by atoms with Crippen LogP contribution in [0.5, 0.6) is 0 Å². The Morgan fingerprint density at radius 2 is 2.16 bits per heavy atom. The van der Waals surface area contributed by atoms with Gasteiger partial charge in [-0.1, -0.05) is 17.8 Å². The number of carbonyl (C=O) groups is 2. The van der Waals surface area contributed by atoms with Gasteiger partial charge in [0.2, 0.25) is 5.91 Å². The number of nitro groups is 1. The number of non-ortho nitro benzene ring substituents is 1. The molecule has 132 valence electrons. The number of hydrogen-bond acceptors (Lipinski definition) is 7. The van der Waals surface area contributed by atoms with Crippen molar-refractivity contribution >= 4 is 29.3 Å². The summed E-state index contributed by atoms with van der Waals surface area (Å²) in [6, 6.07) is 5.45. The maximum absolute atomic E-state index is 12.2. The molecule has 1 aromatic carbocycles. The first kappa shape index (κ1) is 18.4. The zero-order valence-electron chi connectivity index (χ0n) is 13.3. The highest BCUT2D eigenvalue weighted by Gasteiger charge is 2.15. The highest BCUT2D eigenvalue weighted by atomic mass is 32.2. The fourth-order valence-electron chi connectivity index (χ4n) is 2.03. The van der Waals surface area contributed by atoms with Crippen molar-refractivity contribution in [3.63, 3.8) is 0 Å². The van der Waals surface area contributed by atoms with Gasteiger partial charge in [-0.3, -0.25) is 19.7 Å². The second-order valence-corrected chi connectivity index (χ2v) is 5.83. The van der Waals surface area contributed by atoms with Crippen molar-refractivity contribution in [1.82, 2.24) is 20.1 Å². The fraction of sp³-hybridized carbons (Fsp3) is 0.286. The average Bonchev–Trinajstić information content (AvgIpc) is 2.99. The van der Waals surface area contributed by atoms with Crippen molar-refractivity contribution in [3.05, 3.63) is 45.8 Å². The van der Waals surface area contributed by atoms with Crippen LogP contribution < -0.4 is 11.1 Å². The number of carbonyl (C=O) groups excluding carboxylic acids is 2. The lowest BCUT2D eigenvalue weighted by Crippen LogP contribution is -2.25. The lowest BCUT2D eigenvalue weighted by Gasteiger charge is -2.08. The Morgan fingerprint density at radius 1 is 1.40 bits per heavy atom. The van der Waals surface area contributed by atoms with Crippen molar-refractivity contribution in [2.45, 2.75) is 25.2 Å². The van der Waals surface area contributed by atoms with Crippen LogP contribution in [0.4, 0.5) is 5.69 Å². The van der Waals surface area contributed by atoms with Gasteiger partial charge in [0.05, 0.1) is 17.2 Å². The molecule has 2 amide bonds. The Balaban J connectivity index is 2.05. The van der Waals surface area contributed by atoms with E-state index in [-0.39, 0.29) is 23.5 Å². The fourth-order valence-corrected chi connectivity index (χ4v) is 2.79. The molecule has 0 radical (unpaired) electrons. The van der Waals surface area contributed by atoms with Gasteiger partial charge in [0.1, 0.15) is 0 Å². The van der Waals surface area contributed by atoms with Crippen molar-refractivity contribution in [3.8, 4) is 0 Å². The molecule has 3 N–H and O–H groups in total. The Hall–Kier alpha value is -2.95. The smallest absolute Gasteiger partial charge is 0.270 e. The summed E-state index contributed by atoms with van der Waals surface area (Å²) in [6.45, 7) is 2.53. The summed E-state index contributed by atoms with van der Waals surface area (Å²) in [5.74, 6) is -0.330. The second kappa shape index (κ2) is 8.24. The zero-order valence-corrected chi connectivity index (χ0v) is 14.2. The molecule has 0 spiro atoms. The molecule has 25 heavy (non-hydrogen) atoms. The van der Waals surface area contributed by atoms with E-state index in [2.05, 4.69) is 15.5 Å². The number of rotatable bonds is 8. The number of thioether (sulfide) groups is 1. The van der Waals surface area contributed by atoms with E-state index < -0.39 is 16.7 Å². The van der Waals surface area contributed by atoms with E-state index in [0.29, 0.717) is 17.5 Å². The van der Waals surface area contributed by atoms with Gasteiger partial charge < -0.3 is 15.6 Å². The first-order chi connectivity index (χ1) is 11.9. The van der Waals surface area contributed by atoms with Crippen LogP contribution in [0.25, 0.3) is 0 Å². The monoisotopic (exact) mass is 364 g/mol. The topological polar surface area (TPSA) is 146 Å². The predicted molar refractivity (Wildman–Crippen MR) is 89.9 cm³/mol. The zero-order chi connectivity index (χ0) is 18.4. The third-order valence-electron chi connectivity index (χ3n) is 3.18. The normalized spacial score (nSPS) is 10.4. The van der Waals surface area contributed by atoms with Crippen molar-refractivity contribution < 1.29 is 14.5 Å². The van der Waals surface area contributed by atoms with Crippen LogP contribution in [-0.4, -0.2) is 37.3 Å². The molecule has 0 atom stereocenters. The standard InChI is InChI=1S/C14H16N6O4S/c1-2-19-12(17-18-14(19)25-8-11(15)21)7-16-13(22)9-4-3-5-10(6-9)20(23)24/h3-6H,2,7-8H2,1H3,(H2,15,21)(H,16,22). The molecular formula is C14H16N6O4S. The maximum Gasteiger partial charge on any atom is 0.270 e. The number of amides is 2. The number of benzene rings is 1. The van der Waals surface area contributed by atoms with E-state index in [1.807, 2.05) is 6.92 Å². The molecule has 2 aromatic rings. The van der Waals surface area contributed by atoms with Gasteiger partial charge in [-0.25, -0.2) is 0 Å². The number of aromatic nitrogens is 3. The summed E-state index contributed by atoms with van der Waals surface area (Å²) < 4.78 is 1.75. The van der Waals surface area contributed by atoms with Gasteiger partial charge in [-0.15, -0.1) is 10.2 Å². The summed E-state index contributed by atoms with van der Waals surface area (Å²) in [6.07, 6.45) is 0. The molecular weight excluding hydrogens is 348 g/mol. The predicted octanol–water partition coefficient (Wildman–Crippen LogP) is 0.714. The van der Waals surface area contributed by atoms with Gasteiger partial charge in [-0.2, -0.15) is 0 Å².